The molecular formula is C15H17F3N5O4S-. The van der Waals surface area contributed by atoms with Gasteiger partial charge in [-0.25, -0.2) is 4.31 Å². The Kier molecular flexibility index (Phi) is 6.96. The Morgan fingerprint density at radius 2 is 1.93 bits per heavy atom. The van der Waals surface area contributed by atoms with E-state index < -0.39 is 27.6 Å². The van der Waals surface area contributed by atoms with Crippen LogP contribution in [-0.4, -0.2) is 40.4 Å². The van der Waals surface area contributed by atoms with Crippen LogP contribution in [0.15, 0.2) is 39.2 Å². The van der Waals surface area contributed by atoms with Crippen molar-refractivity contribution in [3.8, 4) is 5.75 Å². The minimum Gasteiger partial charge on any atom is -0.755 e. The van der Waals surface area contributed by atoms with Crippen molar-refractivity contribution in [3.05, 3.63) is 24.5 Å². The van der Waals surface area contributed by atoms with E-state index in [4.69, 9.17) is 4.74 Å². The molecule has 0 aliphatic carbocycles. The van der Waals surface area contributed by atoms with Crippen molar-refractivity contribution in [1.29, 1.82) is 0 Å². The SMILES string of the molecule is CCN(CC)c1cc(N(S(=O)[O-])C(F)(F)F)c(N=Nc2ccon2)cc1OC. The highest BCUT2D eigenvalue weighted by Crippen LogP contribution is 2.44. The average Bonchev–Trinajstić information content (AvgIpc) is 3.14. The lowest BCUT2D eigenvalue weighted by Crippen LogP contribution is -2.39. The van der Waals surface area contributed by atoms with Gasteiger partial charge in [-0.3, -0.25) is 4.21 Å². The normalized spacial score (nSPS) is 13.0. The van der Waals surface area contributed by atoms with Crippen molar-refractivity contribution < 1.29 is 31.2 Å². The molecule has 2 rings (SSSR count). The number of benzene rings is 1. The minimum absolute atomic E-state index is 0.000425. The minimum atomic E-state index is -5.21. The zero-order chi connectivity index (χ0) is 20.9. The van der Waals surface area contributed by atoms with Crippen molar-refractivity contribution in [3.63, 3.8) is 0 Å². The first kappa shape index (κ1) is 21.6. The third-order valence-electron chi connectivity index (χ3n) is 3.66. The molecule has 1 unspecified atom stereocenters. The Morgan fingerprint density at radius 1 is 1.25 bits per heavy atom. The van der Waals surface area contributed by atoms with Gasteiger partial charge in [0, 0.05) is 25.2 Å². The van der Waals surface area contributed by atoms with E-state index in [-0.39, 0.29) is 22.9 Å². The molecule has 13 heteroatoms. The summed E-state index contributed by atoms with van der Waals surface area (Å²) in [6, 6.07) is 3.56. The predicted molar refractivity (Wildman–Crippen MR) is 94.7 cm³/mol. The molecular weight excluding hydrogens is 403 g/mol. The molecule has 0 fully saturated rings. The Balaban J connectivity index is 2.72. The van der Waals surface area contributed by atoms with E-state index in [1.807, 2.05) is 0 Å². The van der Waals surface area contributed by atoms with Crippen LogP contribution in [0.1, 0.15) is 13.8 Å². The lowest BCUT2D eigenvalue weighted by atomic mass is 10.2. The number of aromatic nitrogens is 1. The number of nitrogens with zero attached hydrogens (tertiary/aromatic N) is 5. The van der Waals surface area contributed by atoms with Crippen molar-refractivity contribution in [2.45, 2.75) is 20.1 Å². The predicted octanol–water partition coefficient (Wildman–Crippen LogP) is 4.07. The Labute approximate surface area is 161 Å². The summed E-state index contributed by atoms with van der Waals surface area (Å²) >= 11 is -3.65. The number of hydrogen-bond donors (Lipinski definition) is 0. The molecule has 0 amide bonds. The smallest absolute Gasteiger partial charge is 0.495 e. The maximum Gasteiger partial charge on any atom is 0.495 e. The van der Waals surface area contributed by atoms with Crippen LogP contribution in [0.4, 0.5) is 36.1 Å². The number of ether oxygens (including phenoxy) is 1. The van der Waals surface area contributed by atoms with Crippen LogP contribution in [0.2, 0.25) is 0 Å². The number of hydrogen-bond acceptors (Lipinski definition) is 8. The van der Waals surface area contributed by atoms with Crippen LogP contribution in [0.5, 0.6) is 5.75 Å². The first-order valence-electron chi connectivity index (χ1n) is 7.98. The number of methoxy groups -OCH3 is 1. The van der Waals surface area contributed by atoms with Gasteiger partial charge < -0.3 is 18.7 Å². The molecule has 0 aliphatic heterocycles. The standard InChI is InChI=1S/C15H18F3N5O4S/c1-4-22(5-2)12-9-11(23(28(24)25)15(16,17)18)10(8-13(12)26-3)19-20-14-6-7-27-21-14/h6-9H,4-5H2,1-3H3,(H,24,25)/p-1. The van der Waals surface area contributed by atoms with E-state index in [2.05, 4.69) is 19.9 Å². The van der Waals surface area contributed by atoms with Gasteiger partial charge in [0.15, 0.2) is 0 Å². The molecule has 0 bridgehead atoms. The van der Waals surface area contributed by atoms with E-state index >= 15 is 0 Å². The highest BCUT2D eigenvalue weighted by molar-refractivity contribution is 7.80. The Hall–Kier alpha value is -2.67. The molecule has 154 valence electrons. The molecule has 28 heavy (non-hydrogen) atoms. The number of halogens is 3. The van der Waals surface area contributed by atoms with Gasteiger partial charge in [0.05, 0.1) is 29.8 Å². The van der Waals surface area contributed by atoms with Crippen LogP contribution in [0.3, 0.4) is 0 Å². The lowest BCUT2D eigenvalue weighted by molar-refractivity contribution is -0.115. The van der Waals surface area contributed by atoms with Gasteiger partial charge in [0.25, 0.3) is 0 Å². The maximum absolute atomic E-state index is 13.4. The fourth-order valence-corrected chi connectivity index (χ4v) is 2.90. The molecule has 0 saturated carbocycles. The van der Waals surface area contributed by atoms with Gasteiger partial charge in [0.1, 0.15) is 17.7 Å². The lowest BCUT2D eigenvalue weighted by Gasteiger charge is -2.31. The molecule has 0 spiro atoms. The van der Waals surface area contributed by atoms with Crippen LogP contribution in [0, 0.1) is 0 Å². The summed E-state index contributed by atoms with van der Waals surface area (Å²) in [5.74, 6) is 0.208. The largest absolute Gasteiger partial charge is 0.755 e. The third kappa shape index (κ3) is 4.78. The molecule has 0 saturated heterocycles. The second-order valence-electron chi connectivity index (χ2n) is 5.22. The molecule has 0 radical (unpaired) electrons. The summed E-state index contributed by atoms with van der Waals surface area (Å²) in [5, 5.41) is 10.9. The summed E-state index contributed by atoms with van der Waals surface area (Å²) in [5.41, 5.74) is -0.823. The van der Waals surface area contributed by atoms with Crippen molar-refractivity contribution in [2.75, 3.05) is 29.4 Å². The molecule has 2 aromatic rings. The Bertz CT molecular complexity index is 841. The summed E-state index contributed by atoms with van der Waals surface area (Å²) in [4.78, 5) is 1.71. The number of anilines is 2. The zero-order valence-electron chi connectivity index (χ0n) is 15.1. The van der Waals surface area contributed by atoms with Crippen LogP contribution in [0.25, 0.3) is 0 Å². The van der Waals surface area contributed by atoms with E-state index in [1.54, 1.807) is 18.7 Å². The monoisotopic (exact) mass is 420 g/mol. The fraction of sp³-hybridized carbons (Fsp3) is 0.400. The number of rotatable bonds is 8. The van der Waals surface area contributed by atoms with Gasteiger partial charge in [0.2, 0.25) is 5.82 Å². The second-order valence-corrected chi connectivity index (χ2v) is 6.02. The first-order chi connectivity index (χ1) is 13.2. The van der Waals surface area contributed by atoms with Crippen molar-refractivity contribution in [1.82, 2.24) is 5.16 Å². The molecule has 9 nitrogen and oxygen atoms in total. The number of alkyl halides is 3. The summed E-state index contributed by atoms with van der Waals surface area (Å²) in [7, 11) is 1.34. The van der Waals surface area contributed by atoms with Crippen LogP contribution < -0.4 is 13.9 Å². The highest BCUT2D eigenvalue weighted by Gasteiger charge is 2.41. The third-order valence-corrected chi connectivity index (χ3v) is 4.36. The summed E-state index contributed by atoms with van der Waals surface area (Å²) in [6.45, 7) is 4.51. The topological polar surface area (TPSA) is 107 Å². The van der Waals surface area contributed by atoms with Gasteiger partial charge in [-0.2, -0.15) is 0 Å². The summed E-state index contributed by atoms with van der Waals surface area (Å²) < 4.78 is 72.1. The van der Waals surface area contributed by atoms with Gasteiger partial charge >= 0.3 is 6.30 Å². The van der Waals surface area contributed by atoms with Crippen molar-refractivity contribution >= 4 is 34.1 Å². The highest BCUT2D eigenvalue weighted by atomic mass is 32.2. The molecule has 1 heterocycles. The Morgan fingerprint density at radius 3 is 2.39 bits per heavy atom. The molecule has 1 aromatic carbocycles. The van der Waals surface area contributed by atoms with E-state index in [1.165, 1.54) is 25.5 Å². The van der Waals surface area contributed by atoms with Gasteiger partial charge in [-0.15, -0.1) is 23.4 Å². The molecule has 1 aromatic heterocycles. The molecule has 0 N–H and O–H groups in total. The molecule has 1 atom stereocenters. The fourth-order valence-electron chi connectivity index (χ4n) is 2.43. The zero-order valence-corrected chi connectivity index (χ0v) is 16.0. The quantitative estimate of drug-likeness (QED) is 0.362. The molecule has 0 aliphatic rings. The summed E-state index contributed by atoms with van der Waals surface area (Å²) in [6.07, 6.45) is -4.01. The van der Waals surface area contributed by atoms with Gasteiger partial charge in [-0.05, 0) is 19.9 Å². The van der Waals surface area contributed by atoms with Gasteiger partial charge in [-0.1, -0.05) is 5.16 Å². The van der Waals surface area contributed by atoms with Crippen LogP contribution >= 0.6 is 0 Å². The van der Waals surface area contributed by atoms with Crippen LogP contribution in [-0.2, 0) is 11.3 Å². The average molecular weight is 420 g/mol. The second kappa shape index (κ2) is 9.01. The van der Waals surface area contributed by atoms with Crippen molar-refractivity contribution in [2.24, 2.45) is 10.2 Å². The van der Waals surface area contributed by atoms with E-state index in [9.17, 15) is 21.9 Å². The van der Waals surface area contributed by atoms with E-state index in [0.29, 0.717) is 13.1 Å². The van der Waals surface area contributed by atoms with E-state index in [0.717, 1.165) is 6.07 Å². The number of azo groups is 1. The maximum atomic E-state index is 13.4. The first-order valence-corrected chi connectivity index (χ1v) is 9.01.